The van der Waals surface area contributed by atoms with Crippen molar-refractivity contribution in [2.24, 2.45) is 0 Å². The van der Waals surface area contributed by atoms with E-state index in [-0.39, 0.29) is 18.0 Å². The Kier molecular flexibility index (Phi) is 4.04. The first-order chi connectivity index (χ1) is 11.4. The zero-order valence-corrected chi connectivity index (χ0v) is 13.4. The van der Waals surface area contributed by atoms with Crippen LogP contribution < -0.4 is 16.0 Å². The number of aryl methyl sites for hydroxylation is 2. The van der Waals surface area contributed by atoms with Crippen LogP contribution in [-0.4, -0.2) is 24.3 Å². The third-order valence-corrected chi connectivity index (χ3v) is 3.84. The molecule has 0 atom stereocenters. The average molecular weight is 323 g/mol. The maximum Gasteiger partial charge on any atom is 0.259 e. The number of amides is 3. The molecule has 6 nitrogen and oxygen atoms in total. The second-order valence-electron chi connectivity index (χ2n) is 5.76. The Bertz CT molecular complexity index is 859. The van der Waals surface area contributed by atoms with E-state index in [2.05, 4.69) is 16.0 Å². The molecule has 3 rings (SSSR count). The Hall–Kier alpha value is -3.15. The van der Waals surface area contributed by atoms with Crippen LogP contribution in [0.1, 0.15) is 31.8 Å². The molecule has 1 heterocycles. The average Bonchev–Trinajstić information content (AvgIpc) is 2.81. The van der Waals surface area contributed by atoms with Gasteiger partial charge in [-0.25, -0.2) is 0 Å². The van der Waals surface area contributed by atoms with Crippen LogP contribution in [0.3, 0.4) is 0 Å². The van der Waals surface area contributed by atoms with Gasteiger partial charge in [0.2, 0.25) is 5.91 Å². The smallest absolute Gasteiger partial charge is 0.259 e. The first kappa shape index (κ1) is 15.7. The second-order valence-corrected chi connectivity index (χ2v) is 5.76. The molecule has 0 spiro atoms. The number of anilines is 2. The molecule has 0 aromatic heterocycles. The van der Waals surface area contributed by atoms with Crippen LogP contribution in [0.2, 0.25) is 0 Å². The molecule has 2 aromatic rings. The molecule has 122 valence electrons. The van der Waals surface area contributed by atoms with E-state index in [0.29, 0.717) is 11.3 Å². The third kappa shape index (κ3) is 3.12. The SMILES string of the molecule is Cc1ccc(NCC(=O)Nc2ccc3c(c2)C(=O)NC3=O)c(C)c1. The number of hydrogen-bond acceptors (Lipinski definition) is 4. The quantitative estimate of drug-likeness (QED) is 0.753. The molecule has 3 N–H and O–H groups in total. The Morgan fingerprint density at radius 2 is 1.75 bits per heavy atom. The Morgan fingerprint density at radius 1 is 1.00 bits per heavy atom. The fourth-order valence-corrected chi connectivity index (χ4v) is 2.64. The Morgan fingerprint density at radius 3 is 2.50 bits per heavy atom. The van der Waals surface area contributed by atoms with E-state index < -0.39 is 11.8 Å². The minimum absolute atomic E-state index is 0.103. The summed E-state index contributed by atoms with van der Waals surface area (Å²) in [5, 5.41) is 8.02. The van der Waals surface area contributed by atoms with E-state index in [1.54, 1.807) is 6.07 Å². The van der Waals surface area contributed by atoms with E-state index in [4.69, 9.17) is 0 Å². The number of fused-ring (bicyclic) bond motifs is 1. The van der Waals surface area contributed by atoms with Crippen LogP contribution in [0, 0.1) is 13.8 Å². The lowest BCUT2D eigenvalue weighted by Crippen LogP contribution is -2.22. The highest BCUT2D eigenvalue weighted by Crippen LogP contribution is 2.20. The lowest BCUT2D eigenvalue weighted by Gasteiger charge is -2.11. The maximum absolute atomic E-state index is 12.1. The molecule has 0 aliphatic carbocycles. The summed E-state index contributed by atoms with van der Waals surface area (Å²) < 4.78 is 0. The van der Waals surface area contributed by atoms with Crippen molar-refractivity contribution in [3.8, 4) is 0 Å². The van der Waals surface area contributed by atoms with Crippen LogP contribution in [0.15, 0.2) is 36.4 Å². The number of nitrogens with one attached hydrogen (secondary N) is 3. The van der Waals surface area contributed by atoms with Crippen LogP contribution in [-0.2, 0) is 4.79 Å². The highest BCUT2D eigenvalue weighted by Gasteiger charge is 2.26. The topological polar surface area (TPSA) is 87.3 Å². The number of rotatable bonds is 4. The minimum atomic E-state index is -0.445. The summed E-state index contributed by atoms with van der Waals surface area (Å²) in [7, 11) is 0. The maximum atomic E-state index is 12.1. The Balaban J connectivity index is 1.64. The zero-order valence-electron chi connectivity index (χ0n) is 13.4. The molecule has 0 radical (unpaired) electrons. The molecule has 3 amide bonds. The Labute approximate surface area is 139 Å². The fraction of sp³-hybridized carbons (Fsp3) is 0.167. The molecule has 0 saturated carbocycles. The highest BCUT2D eigenvalue weighted by molar-refractivity contribution is 6.22. The van der Waals surface area contributed by atoms with Crippen LogP contribution in [0.25, 0.3) is 0 Å². The van der Waals surface area contributed by atoms with Gasteiger partial charge in [0, 0.05) is 11.4 Å². The minimum Gasteiger partial charge on any atom is -0.376 e. The molecule has 0 saturated heterocycles. The fourth-order valence-electron chi connectivity index (χ4n) is 2.64. The number of benzene rings is 2. The summed E-state index contributed by atoms with van der Waals surface area (Å²) in [6.45, 7) is 4.09. The van der Waals surface area contributed by atoms with E-state index in [9.17, 15) is 14.4 Å². The lowest BCUT2D eigenvalue weighted by molar-refractivity contribution is -0.114. The summed E-state index contributed by atoms with van der Waals surface area (Å²) in [6.07, 6.45) is 0. The lowest BCUT2D eigenvalue weighted by atomic mass is 10.1. The van der Waals surface area contributed by atoms with Gasteiger partial charge in [0.05, 0.1) is 17.7 Å². The normalized spacial score (nSPS) is 12.6. The van der Waals surface area contributed by atoms with E-state index >= 15 is 0 Å². The molecule has 0 unspecified atom stereocenters. The van der Waals surface area contributed by atoms with E-state index in [0.717, 1.165) is 16.8 Å². The third-order valence-electron chi connectivity index (χ3n) is 3.84. The van der Waals surface area contributed by atoms with Crippen molar-refractivity contribution >= 4 is 29.1 Å². The molecule has 0 fully saturated rings. The summed E-state index contributed by atoms with van der Waals surface area (Å²) in [4.78, 5) is 35.2. The van der Waals surface area contributed by atoms with E-state index in [1.165, 1.54) is 12.1 Å². The monoisotopic (exact) mass is 323 g/mol. The van der Waals surface area contributed by atoms with Crippen LogP contribution in [0.4, 0.5) is 11.4 Å². The van der Waals surface area contributed by atoms with Crippen LogP contribution >= 0.6 is 0 Å². The van der Waals surface area contributed by atoms with Gasteiger partial charge >= 0.3 is 0 Å². The van der Waals surface area contributed by atoms with Crippen molar-refractivity contribution in [3.05, 3.63) is 58.7 Å². The summed E-state index contributed by atoms with van der Waals surface area (Å²) >= 11 is 0. The standard InChI is InChI=1S/C18H17N3O3/c1-10-3-6-15(11(2)7-10)19-9-16(22)20-12-4-5-13-14(8-12)18(24)21-17(13)23/h3-8,19H,9H2,1-2H3,(H,20,22)(H,21,23,24). The number of hydrogen-bond donors (Lipinski definition) is 3. The number of carbonyl (C=O) groups excluding carboxylic acids is 3. The molecule has 24 heavy (non-hydrogen) atoms. The van der Waals surface area contributed by atoms with Crippen molar-refractivity contribution in [2.75, 3.05) is 17.2 Å². The summed E-state index contributed by atoms with van der Waals surface area (Å²) in [5.74, 6) is -1.09. The molecule has 1 aliphatic heterocycles. The summed E-state index contributed by atoms with van der Waals surface area (Å²) in [6, 6.07) is 10.6. The van der Waals surface area contributed by atoms with Gasteiger partial charge in [0.15, 0.2) is 0 Å². The van der Waals surface area contributed by atoms with E-state index in [1.807, 2.05) is 32.0 Å². The van der Waals surface area contributed by atoms with Gasteiger partial charge in [-0.2, -0.15) is 0 Å². The van der Waals surface area contributed by atoms with Crippen molar-refractivity contribution in [2.45, 2.75) is 13.8 Å². The first-order valence-electron chi connectivity index (χ1n) is 7.55. The predicted molar refractivity (Wildman–Crippen MR) is 91.3 cm³/mol. The molecule has 6 heteroatoms. The van der Waals surface area contributed by atoms with Crippen molar-refractivity contribution in [1.82, 2.24) is 5.32 Å². The van der Waals surface area contributed by atoms with Crippen molar-refractivity contribution in [3.63, 3.8) is 0 Å². The highest BCUT2D eigenvalue weighted by atomic mass is 16.2. The van der Waals surface area contributed by atoms with Gasteiger partial charge in [-0.15, -0.1) is 0 Å². The molecule has 1 aliphatic rings. The van der Waals surface area contributed by atoms with Crippen molar-refractivity contribution < 1.29 is 14.4 Å². The molecular formula is C18H17N3O3. The van der Waals surface area contributed by atoms with Gasteiger partial charge in [0.25, 0.3) is 11.8 Å². The predicted octanol–water partition coefficient (Wildman–Crippen LogP) is 2.24. The van der Waals surface area contributed by atoms with Gasteiger partial charge in [-0.3, -0.25) is 19.7 Å². The van der Waals surface area contributed by atoms with Crippen LogP contribution in [0.5, 0.6) is 0 Å². The number of imide groups is 1. The first-order valence-corrected chi connectivity index (χ1v) is 7.55. The summed E-state index contributed by atoms with van der Waals surface area (Å²) in [5.41, 5.74) is 4.20. The zero-order chi connectivity index (χ0) is 17.3. The van der Waals surface area contributed by atoms with Gasteiger partial charge in [0.1, 0.15) is 0 Å². The van der Waals surface area contributed by atoms with Gasteiger partial charge in [-0.05, 0) is 43.7 Å². The van der Waals surface area contributed by atoms with Gasteiger partial charge in [-0.1, -0.05) is 17.7 Å². The number of carbonyl (C=O) groups is 3. The second kappa shape index (κ2) is 6.16. The largest absolute Gasteiger partial charge is 0.376 e. The molecule has 2 aromatic carbocycles. The van der Waals surface area contributed by atoms with Crippen molar-refractivity contribution in [1.29, 1.82) is 0 Å². The van der Waals surface area contributed by atoms with Gasteiger partial charge < -0.3 is 10.6 Å². The molecular weight excluding hydrogens is 306 g/mol. The molecule has 0 bridgehead atoms.